The van der Waals surface area contributed by atoms with Crippen LogP contribution in [0.4, 0.5) is 0 Å². The molecule has 5 nitrogen and oxygen atoms in total. The number of para-hydroxylation sites is 1. The Hall–Kier alpha value is -2.30. The van der Waals surface area contributed by atoms with Gasteiger partial charge in [0.15, 0.2) is 0 Å². The molecule has 1 aromatic heterocycles. The number of fused-ring (bicyclic) bond motifs is 1. The van der Waals surface area contributed by atoms with Gasteiger partial charge in [0.1, 0.15) is 12.1 Å². The Morgan fingerprint density at radius 1 is 1.10 bits per heavy atom. The molecule has 3 N–H and O–H groups in total. The van der Waals surface area contributed by atoms with Crippen molar-refractivity contribution in [2.75, 3.05) is 0 Å². The third kappa shape index (κ3) is 2.51. The number of piperazine rings is 1. The van der Waals surface area contributed by atoms with Crippen LogP contribution < -0.4 is 10.6 Å². The van der Waals surface area contributed by atoms with Crippen LogP contribution in [0.5, 0.6) is 0 Å². The molecule has 21 heavy (non-hydrogen) atoms. The minimum Gasteiger partial charge on any atom is -0.361 e. The van der Waals surface area contributed by atoms with Gasteiger partial charge in [-0.15, -0.1) is 0 Å². The minimum atomic E-state index is -0.508. The summed E-state index contributed by atoms with van der Waals surface area (Å²) in [5.41, 5.74) is 2.07. The Kier molecular flexibility index (Phi) is 3.41. The fourth-order valence-electron chi connectivity index (χ4n) is 2.78. The van der Waals surface area contributed by atoms with Gasteiger partial charge in [-0.25, -0.2) is 0 Å². The van der Waals surface area contributed by atoms with E-state index < -0.39 is 12.1 Å². The van der Waals surface area contributed by atoms with Gasteiger partial charge in [0.25, 0.3) is 0 Å². The number of aromatic amines is 1. The second-order valence-corrected chi connectivity index (χ2v) is 5.86. The summed E-state index contributed by atoms with van der Waals surface area (Å²) < 4.78 is 0. The van der Waals surface area contributed by atoms with Crippen LogP contribution in [-0.2, 0) is 16.0 Å². The molecule has 0 spiro atoms. The first kappa shape index (κ1) is 13.7. The van der Waals surface area contributed by atoms with E-state index in [0.29, 0.717) is 6.42 Å². The number of hydrogen-bond acceptors (Lipinski definition) is 2. The van der Waals surface area contributed by atoms with Crippen LogP contribution in [0.3, 0.4) is 0 Å². The number of carbonyl (C=O) groups excluding carboxylic acids is 2. The predicted octanol–water partition coefficient (Wildman–Crippen LogP) is 1.35. The maximum absolute atomic E-state index is 12.2. The number of carbonyl (C=O) groups is 2. The largest absolute Gasteiger partial charge is 0.361 e. The van der Waals surface area contributed by atoms with E-state index in [-0.39, 0.29) is 17.7 Å². The van der Waals surface area contributed by atoms with E-state index in [1.807, 2.05) is 44.3 Å². The summed E-state index contributed by atoms with van der Waals surface area (Å²) in [6.45, 7) is 3.84. The molecular formula is C16H19N3O2. The van der Waals surface area contributed by atoms with Crippen molar-refractivity contribution in [1.29, 1.82) is 0 Å². The average molecular weight is 285 g/mol. The zero-order valence-electron chi connectivity index (χ0n) is 12.1. The van der Waals surface area contributed by atoms with Gasteiger partial charge in [0, 0.05) is 23.5 Å². The molecule has 1 aromatic carbocycles. The van der Waals surface area contributed by atoms with Crippen molar-refractivity contribution in [2.24, 2.45) is 5.92 Å². The topological polar surface area (TPSA) is 74.0 Å². The van der Waals surface area contributed by atoms with Crippen LogP contribution >= 0.6 is 0 Å². The average Bonchev–Trinajstić information content (AvgIpc) is 2.85. The van der Waals surface area contributed by atoms with Crippen molar-refractivity contribution in [3.8, 4) is 0 Å². The van der Waals surface area contributed by atoms with Crippen LogP contribution in [-0.4, -0.2) is 28.9 Å². The van der Waals surface area contributed by atoms with E-state index in [1.54, 1.807) is 0 Å². The first-order valence-corrected chi connectivity index (χ1v) is 7.22. The molecule has 0 aliphatic carbocycles. The fourth-order valence-corrected chi connectivity index (χ4v) is 2.78. The first-order valence-electron chi connectivity index (χ1n) is 7.22. The Balaban J connectivity index is 1.79. The van der Waals surface area contributed by atoms with Gasteiger partial charge < -0.3 is 15.6 Å². The number of hydrogen-bond donors (Lipinski definition) is 3. The molecule has 110 valence electrons. The van der Waals surface area contributed by atoms with Crippen molar-refractivity contribution in [3.05, 3.63) is 36.0 Å². The molecule has 1 fully saturated rings. The van der Waals surface area contributed by atoms with E-state index in [1.165, 1.54) is 0 Å². The minimum absolute atomic E-state index is 0.0861. The van der Waals surface area contributed by atoms with E-state index in [0.717, 1.165) is 16.5 Å². The van der Waals surface area contributed by atoms with Gasteiger partial charge >= 0.3 is 0 Å². The van der Waals surface area contributed by atoms with Gasteiger partial charge in [0.05, 0.1) is 0 Å². The lowest BCUT2D eigenvalue weighted by Crippen LogP contribution is -2.63. The molecule has 2 amide bonds. The van der Waals surface area contributed by atoms with Gasteiger partial charge in [-0.05, 0) is 17.5 Å². The number of amides is 2. The molecule has 0 unspecified atom stereocenters. The van der Waals surface area contributed by atoms with Crippen molar-refractivity contribution in [2.45, 2.75) is 32.4 Å². The summed E-state index contributed by atoms with van der Waals surface area (Å²) in [6, 6.07) is 7.00. The lowest BCUT2D eigenvalue weighted by molar-refractivity contribution is -0.137. The lowest BCUT2D eigenvalue weighted by atomic mass is 9.97. The van der Waals surface area contributed by atoms with Crippen LogP contribution in [0.15, 0.2) is 30.5 Å². The maximum atomic E-state index is 12.2. The number of H-pyrrole nitrogens is 1. The summed E-state index contributed by atoms with van der Waals surface area (Å²) in [7, 11) is 0. The highest BCUT2D eigenvalue weighted by Gasteiger charge is 2.35. The van der Waals surface area contributed by atoms with Crippen molar-refractivity contribution in [1.82, 2.24) is 15.6 Å². The normalized spacial score (nSPS) is 22.4. The van der Waals surface area contributed by atoms with Gasteiger partial charge in [-0.1, -0.05) is 32.0 Å². The summed E-state index contributed by atoms with van der Waals surface area (Å²) in [6.07, 6.45) is 2.39. The highest BCUT2D eigenvalue weighted by Crippen LogP contribution is 2.20. The van der Waals surface area contributed by atoms with Gasteiger partial charge in [-0.2, -0.15) is 0 Å². The predicted molar refractivity (Wildman–Crippen MR) is 80.7 cm³/mol. The number of nitrogens with one attached hydrogen (secondary N) is 3. The zero-order valence-corrected chi connectivity index (χ0v) is 12.1. The second kappa shape index (κ2) is 5.24. The third-order valence-electron chi connectivity index (χ3n) is 3.98. The van der Waals surface area contributed by atoms with Gasteiger partial charge in [0.2, 0.25) is 11.8 Å². The molecule has 0 radical (unpaired) electrons. The van der Waals surface area contributed by atoms with E-state index in [9.17, 15) is 9.59 Å². The Bertz CT molecular complexity index is 690. The van der Waals surface area contributed by atoms with Crippen LogP contribution in [0.25, 0.3) is 10.9 Å². The summed E-state index contributed by atoms with van der Waals surface area (Å²) in [4.78, 5) is 27.4. The van der Waals surface area contributed by atoms with E-state index >= 15 is 0 Å². The summed E-state index contributed by atoms with van der Waals surface area (Å²) in [5, 5.41) is 6.74. The zero-order chi connectivity index (χ0) is 15.0. The lowest BCUT2D eigenvalue weighted by Gasteiger charge is -2.31. The maximum Gasteiger partial charge on any atom is 0.243 e. The molecule has 2 heterocycles. The van der Waals surface area contributed by atoms with Crippen molar-refractivity contribution in [3.63, 3.8) is 0 Å². The number of benzene rings is 1. The Morgan fingerprint density at radius 3 is 2.62 bits per heavy atom. The van der Waals surface area contributed by atoms with Crippen LogP contribution in [0.2, 0.25) is 0 Å². The molecular weight excluding hydrogens is 266 g/mol. The van der Waals surface area contributed by atoms with Crippen molar-refractivity contribution >= 4 is 22.7 Å². The molecule has 5 heteroatoms. The molecule has 0 bridgehead atoms. The number of aromatic nitrogens is 1. The standard InChI is InChI=1S/C16H19N3O2/c1-9(2)14-16(21)18-13(15(20)19-14)7-10-8-17-12-6-4-3-5-11(10)12/h3-6,8-9,13-14,17H,7H2,1-2H3,(H,18,21)(H,19,20)/t13-,14+/m0/s1. The fraction of sp³-hybridized carbons (Fsp3) is 0.375. The highest BCUT2D eigenvalue weighted by molar-refractivity contribution is 5.97. The molecule has 0 saturated carbocycles. The van der Waals surface area contributed by atoms with Gasteiger partial charge in [-0.3, -0.25) is 9.59 Å². The van der Waals surface area contributed by atoms with Crippen LogP contribution in [0.1, 0.15) is 19.4 Å². The molecule has 2 aromatic rings. The highest BCUT2D eigenvalue weighted by atomic mass is 16.2. The Labute approximate surface area is 123 Å². The van der Waals surface area contributed by atoms with Crippen molar-refractivity contribution < 1.29 is 9.59 Å². The Morgan fingerprint density at radius 2 is 1.86 bits per heavy atom. The quantitative estimate of drug-likeness (QED) is 0.796. The monoisotopic (exact) mass is 285 g/mol. The SMILES string of the molecule is CC(C)[C@H]1NC(=O)[C@H](Cc2c[nH]c3ccccc23)NC1=O. The van der Waals surface area contributed by atoms with Crippen LogP contribution in [0, 0.1) is 5.92 Å². The first-order chi connectivity index (χ1) is 10.1. The smallest absolute Gasteiger partial charge is 0.243 e. The molecule has 1 aliphatic heterocycles. The van der Waals surface area contributed by atoms with E-state index in [2.05, 4.69) is 15.6 Å². The number of rotatable bonds is 3. The van der Waals surface area contributed by atoms with E-state index in [4.69, 9.17) is 0 Å². The molecule has 3 rings (SSSR count). The second-order valence-electron chi connectivity index (χ2n) is 5.86. The summed E-state index contributed by atoms with van der Waals surface area (Å²) >= 11 is 0. The summed E-state index contributed by atoms with van der Waals surface area (Å²) in [5.74, 6) is -0.129. The molecule has 2 atom stereocenters. The molecule has 1 aliphatic rings. The third-order valence-corrected chi connectivity index (χ3v) is 3.98. The molecule has 1 saturated heterocycles.